The number of carbonyl (C=O) groups excluding carboxylic acids is 1. The summed E-state index contributed by atoms with van der Waals surface area (Å²) in [6.07, 6.45) is 0. The average Bonchev–Trinajstić information content (AvgIpc) is 3.25. The molecular weight excluding hydrogens is 512 g/mol. The van der Waals surface area contributed by atoms with Gasteiger partial charge in [-0.1, -0.05) is 58.0 Å². The summed E-state index contributed by atoms with van der Waals surface area (Å²) in [5, 5.41) is 12.5. The molecule has 0 unspecified atom stereocenters. The van der Waals surface area contributed by atoms with Gasteiger partial charge in [-0.05, 0) is 68.3 Å². The number of rotatable bonds is 8. The fraction of sp³-hybridized carbons (Fsp3) is 0.192. The van der Waals surface area contributed by atoms with Crippen LogP contribution < -0.4 is 10.1 Å². The van der Waals surface area contributed by atoms with Crippen LogP contribution in [0.25, 0.3) is 17.1 Å². The molecule has 6 nitrogen and oxygen atoms in total. The molecular formula is C26H25BrN4O2S. The van der Waals surface area contributed by atoms with Gasteiger partial charge in [-0.25, -0.2) is 0 Å². The molecule has 0 aliphatic heterocycles. The highest BCUT2D eigenvalue weighted by molar-refractivity contribution is 9.10. The second-order valence-corrected chi connectivity index (χ2v) is 9.54. The van der Waals surface area contributed by atoms with Gasteiger partial charge in [-0.15, -0.1) is 10.2 Å². The molecule has 1 N–H and O–H groups in total. The van der Waals surface area contributed by atoms with Crippen molar-refractivity contribution in [1.82, 2.24) is 14.8 Å². The first-order chi connectivity index (χ1) is 16.5. The first-order valence-corrected chi connectivity index (χ1v) is 12.7. The van der Waals surface area contributed by atoms with E-state index in [2.05, 4.69) is 31.4 Å². The Morgan fingerprint density at radius 2 is 1.71 bits per heavy atom. The van der Waals surface area contributed by atoms with Crippen LogP contribution in [0.15, 0.2) is 76.4 Å². The van der Waals surface area contributed by atoms with Gasteiger partial charge >= 0.3 is 0 Å². The molecule has 0 aliphatic carbocycles. The third-order valence-corrected chi connectivity index (χ3v) is 6.55. The molecule has 0 bridgehead atoms. The standard InChI is InChI=1S/C26H25BrN4O2S/c1-4-33-22-12-10-21(11-13-22)31-25(19-8-6-5-7-9-19)29-30-26(31)34-16-23(32)28-24-17(2)14-20(27)15-18(24)3/h5-15H,4,16H2,1-3H3,(H,28,32). The normalized spacial score (nSPS) is 10.8. The number of halogens is 1. The van der Waals surface area contributed by atoms with E-state index in [0.29, 0.717) is 17.6 Å². The number of aromatic nitrogens is 3. The van der Waals surface area contributed by atoms with Gasteiger partial charge in [0.15, 0.2) is 11.0 Å². The maximum Gasteiger partial charge on any atom is 0.234 e. The molecule has 0 radical (unpaired) electrons. The van der Waals surface area contributed by atoms with Crippen molar-refractivity contribution in [3.05, 3.63) is 82.3 Å². The number of anilines is 1. The van der Waals surface area contributed by atoms with Crippen molar-refractivity contribution >= 4 is 39.3 Å². The fourth-order valence-electron chi connectivity index (χ4n) is 3.64. The monoisotopic (exact) mass is 536 g/mol. The Morgan fingerprint density at radius 3 is 2.35 bits per heavy atom. The molecule has 0 spiro atoms. The molecule has 8 heteroatoms. The van der Waals surface area contributed by atoms with Crippen LogP contribution in [-0.2, 0) is 4.79 Å². The second-order valence-electron chi connectivity index (χ2n) is 7.69. The van der Waals surface area contributed by atoms with E-state index in [0.717, 1.165) is 38.3 Å². The minimum atomic E-state index is -0.0963. The Hall–Kier alpha value is -3.10. The molecule has 0 aliphatic rings. The zero-order chi connectivity index (χ0) is 24.1. The molecule has 4 aromatic rings. The molecule has 0 fully saturated rings. The van der Waals surface area contributed by atoms with Gasteiger partial charge in [0.25, 0.3) is 0 Å². The highest BCUT2D eigenvalue weighted by atomic mass is 79.9. The van der Waals surface area contributed by atoms with E-state index in [4.69, 9.17) is 4.74 Å². The van der Waals surface area contributed by atoms with Crippen molar-refractivity contribution in [3.8, 4) is 22.8 Å². The zero-order valence-electron chi connectivity index (χ0n) is 19.2. The maximum absolute atomic E-state index is 12.8. The molecule has 0 atom stereocenters. The first kappa shape index (κ1) is 24.0. The van der Waals surface area contributed by atoms with Crippen molar-refractivity contribution < 1.29 is 9.53 Å². The third-order valence-electron chi connectivity index (χ3n) is 5.17. The lowest BCUT2D eigenvalue weighted by Crippen LogP contribution is -2.16. The summed E-state index contributed by atoms with van der Waals surface area (Å²) in [5.41, 5.74) is 4.70. The summed E-state index contributed by atoms with van der Waals surface area (Å²) in [7, 11) is 0. The van der Waals surface area contributed by atoms with Crippen molar-refractivity contribution in [2.75, 3.05) is 17.7 Å². The summed E-state index contributed by atoms with van der Waals surface area (Å²) >= 11 is 4.85. The van der Waals surface area contributed by atoms with E-state index in [9.17, 15) is 4.79 Å². The Morgan fingerprint density at radius 1 is 1.03 bits per heavy atom. The lowest BCUT2D eigenvalue weighted by atomic mass is 10.1. The first-order valence-electron chi connectivity index (χ1n) is 10.9. The Kier molecular flexibility index (Phi) is 7.70. The minimum Gasteiger partial charge on any atom is -0.494 e. The van der Waals surface area contributed by atoms with Crippen LogP contribution in [0.3, 0.4) is 0 Å². The second kappa shape index (κ2) is 10.9. The molecule has 1 aromatic heterocycles. The van der Waals surface area contributed by atoms with Gasteiger partial charge in [-0.2, -0.15) is 0 Å². The SMILES string of the molecule is CCOc1ccc(-n2c(SCC(=O)Nc3c(C)cc(Br)cc3C)nnc2-c2ccccc2)cc1. The van der Waals surface area contributed by atoms with Crippen LogP contribution in [0.2, 0.25) is 0 Å². The zero-order valence-corrected chi connectivity index (χ0v) is 21.6. The molecule has 3 aromatic carbocycles. The number of benzene rings is 3. The fourth-order valence-corrected chi connectivity index (χ4v) is 5.08. The van der Waals surface area contributed by atoms with Gasteiger partial charge < -0.3 is 10.1 Å². The van der Waals surface area contributed by atoms with Crippen LogP contribution in [0, 0.1) is 13.8 Å². The van der Waals surface area contributed by atoms with Crippen molar-refractivity contribution in [2.24, 2.45) is 0 Å². The molecule has 4 rings (SSSR count). The quantitative estimate of drug-likeness (QED) is 0.262. The number of hydrogen-bond acceptors (Lipinski definition) is 5. The number of thioether (sulfide) groups is 1. The minimum absolute atomic E-state index is 0.0963. The highest BCUT2D eigenvalue weighted by Crippen LogP contribution is 2.30. The predicted molar refractivity (Wildman–Crippen MR) is 141 cm³/mol. The molecule has 174 valence electrons. The van der Waals surface area contributed by atoms with Gasteiger partial charge in [0.1, 0.15) is 5.75 Å². The Labute approximate surface area is 211 Å². The van der Waals surface area contributed by atoms with E-state index < -0.39 is 0 Å². The van der Waals surface area contributed by atoms with Crippen LogP contribution in [0.5, 0.6) is 5.75 Å². The summed E-state index contributed by atoms with van der Waals surface area (Å²) in [6.45, 7) is 6.53. The van der Waals surface area contributed by atoms with Crippen molar-refractivity contribution in [2.45, 2.75) is 25.9 Å². The van der Waals surface area contributed by atoms with Crippen LogP contribution >= 0.6 is 27.7 Å². The number of ether oxygens (including phenoxy) is 1. The van der Waals surface area contributed by atoms with Crippen molar-refractivity contribution in [3.63, 3.8) is 0 Å². The van der Waals surface area contributed by atoms with Gasteiger partial charge in [0.05, 0.1) is 12.4 Å². The van der Waals surface area contributed by atoms with Crippen LogP contribution in [0.4, 0.5) is 5.69 Å². The van der Waals surface area contributed by atoms with Gasteiger partial charge in [0.2, 0.25) is 5.91 Å². The Balaban J connectivity index is 1.59. The average molecular weight is 537 g/mol. The van der Waals surface area contributed by atoms with E-state index >= 15 is 0 Å². The predicted octanol–water partition coefficient (Wildman–Crippen LogP) is 6.44. The Bertz CT molecular complexity index is 1270. The van der Waals surface area contributed by atoms with Gasteiger partial charge in [0, 0.05) is 21.4 Å². The van der Waals surface area contributed by atoms with Crippen LogP contribution in [0.1, 0.15) is 18.1 Å². The molecule has 1 amide bonds. The largest absolute Gasteiger partial charge is 0.494 e. The van der Waals surface area contributed by atoms with E-state index in [1.165, 1.54) is 11.8 Å². The summed E-state index contributed by atoms with van der Waals surface area (Å²) in [6, 6.07) is 21.7. The van der Waals surface area contributed by atoms with Gasteiger partial charge in [-0.3, -0.25) is 9.36 Å². The lowest BCUT2D eigenvalue weighted by molar-refractivity contribution is -0.113. The number of carbonyl (C=O) groups is 1. The lowest BCUT2D eigenvalue weighted by Gasteiger charge is -2.13. The van der Waals surface area contributed by atoms with E-state index in [1.54, 1.807) is 0 Å². The molecule has 0 saturated carbocycles. The number of aryl methyl sites for hydroxylation is 2. The summed E-state index contributed by atoms with van der Waals surface area (Å²) in [5.74, 6) is 1.63. The maximum atomic E-state index is 12.8. The highest BCUT2D eigenvalue weighted by Gasteiger charge is 2.18. The van der Waals surface area contributed by atoms with Crippen LogP contribution in [-0.4, -0.2) is 33.0 Å². The topological polar surface area (TPSA) is 69.0 Å². The smallest absolute Gasteiger partial charge is 0.234 e. The summed E-state index contributed by atoms with van der Waals surface area (Å²) in [4.78, 5) is 12.8. The number of amides is 1. The van der Waals surface area contributed by atoms with E-state index in [1.807, 2.05) is 92.1 Å². The third kappa shape index (κ3) is 5.51. The number of hydrogen-bond donors (Lipinski definition) is 1. The molecule has 1 heterocycles. The number of nitrogens with one attached hydrogen (secondary N) is 1. The van der Waals surface area contributed by atoms with Crippen molar-refractivity contribution in [1.29, 1.82) is 0 Å². The van der Waals surface area contributed by atoms with E-state index in [-0.39, 0.29) is 11.7 Å². The summed E-state index contributed by atoms with van der Waals surface area (Å²) < 4.78 is 8.55. The molecule has 0 saturated heterocycles. The number of nitrogens with zero attached hydrogens (tertiary/aromatic N) is 3. The molecule has 34 heavy (non-hydrogen) atoms.